The number of carbonyl (C=O) groups is 1. The first-order valence-electron chi connectivity index (χ1n) is 7.19. The van der Waals surface area contributed by atoms with E-state index in [-0.39, 0.29) is 11.8 Å². The van der Waals surface area contributed by atoms with E-state index in [1.807, 2.05) is 32.9 Å². The fraction of sp³-hybridized carbons (Fsp3) is 0.438. The molecule has 6 nitrogen and oxygen atoms in total. The highest BCUT2D eigenvalue weighted by Gasteiger charge is 2.44. The molecule has 0 aliphatic carbocycles. The Bertz CT molecular complexity index is 771. The van der Waals surface area contributed by atoms with Gasteiger partial charge in [-0.15, -0.1) is 5.10 Å². The first-order chi connectivity index (χ1) is 10.4. The molecule has 0 saturated heterocycles. The largest absolute Gasteiger partial charge is 0.492 e. The van der Waals surface area contributed by atoms with Crippen LogP contribution in [0.2, 0.25) is 0 Å². The molecular weight excluding hydrogens is 282 g/mol. The van der Waals surface area contributed by atoms with E-state index in [1.165, 1.54) is 0 Å². The van der Waals surface area contributed by atoms with Gasteiger partial charge < -0.3 is 14.7 Å². The van der Waals surface area contributed by atoms with E-state index in [1.54, 1.807) is 12.0 Å². The number of hydrogen-bond acceptors (Lipinski definition) is 5. The molecule has 1 aliphatic heterocycles. The van der Waals surface area contributed by atoms with E-state index in [2.05, 4.69) is 10.2 Å². The van der Waals surface area contributed by atoms with Crippen LogP contribution >= 0.6 is 0 Å². The third-order valence-corrected chi connectivity index (χ3v) is 4.32. The summed E-state index contributed by atoms with van der Waals surface area (Å²) in [6.45, 7) is 6.61. The molecule has 1 amide bonds. The van der Waals surface area contributed by atoms with E-state index in [4.69, 9.17) is 4.74 Å². The van der Waals surface area contributed by atoms with Gasteiger partial charge in [0.05, 0.1) is 17.7 Å². The lowest BCUT2D eigenvalue weighted by Gasteiger charge is -2.19. The van der Waals surface area contributed by atoms with Gasteiger partial charge in [-0.3, -0.25) is 4.79 Å². The molecule has 3 rings (SSSR count). The van der Waals surface area contributed by atoms with Gasteiger partial charge >= 0.3 is 0 Å². The van der Waals surface area contributed by atoms with Crippen LogP contribution in [0.4, 0.5) is 5.69 Å². The number of ether oxygens (including phenoxy) is 1. The van der Waals surface area contributed by atoms with Crippen molar-refractivity contribution >= 4 is 22.4 Å². The smallest absolute Gasteiger partial charge is 0.239 e. The molecule has 0 saturated carbocycles. The lowest BCUT2D eigenvalue weighted by molar-refractivity contribution is -0.122. The second-order valence-electron chi connectivity index (χ2n) is 6.10. The van der Waals surface area contributed by atoms with E-state index < -0.39 is 5.41 Å². The molecule has 0 bridgehead atoms. The number of benzene rings is 1. The van der Waals surface area contributed by atoms with E-state index >= 15 is 0 Å². The number of aromatic hydroxyl groups is 1. The molecule has 0 atom stereocenters. The monoisotopic (exact) mass is 301 g/mol. The summed E-state index contributed by atoms with van der Waals surface area (Å²) < 4.78 is 5.10. The van der Waals surface area contributed by atoms with Crippen molar-refractivity contribution in [2.75, 3.05) is 25.2 Å². The SMILES string of the molecule is COCCN1C(=O)C(C)(C)c2cc3c(C)nnc(O)c3cc21. The zero-order chi connectivity index (χ0) is 16.1. The van der Waals surface area contributed by atoms with Crippen LogP contribution < -0.4 is 4.90 Å². The van der Waals surface area contributed by atoms with Gasteiger partial charge in [-0.2, -0.15) is 5.10 Å². The number of fused-ring (bicyclic) bond motifs is 2. The predicted molar refractivity (Wildman–Crippen MR) is 83.2 cm³/mol. The number of carbonyl (C=O) groups excluding carboxylic acids is 1. The Morgan fingerprint density at radius 2 is 2.00 bits per heavy atom. The lowest BCUT2D eigenvalue weighted by atomic mass is 9.85. The Labute approximate surface area is 128 Å². The number of hydrogen-bond donors (Lipinski definition) is 1. The number of nitrogens with zero attached hydrogens (tertiary/aromatic N) is 3. The van der Waals surface area contributed by atoms with Crippen molar-refractivity contribution in [1.29, 1.82) is 0 Å². The molecule has 1 aromatic carbocycles. The first kappa shape index (κ1) is 14.7. The molecule has 1 N–H and O–H groups in total. The van der Waals surface area contributed by atoms with Gasteiger partial charge in [-0.1, -0.05) is 0 Å². The predicted octanol–water partition coefficient (Wildman–Crippen LogP) is 1.91. The maximum Gasteiger partial charge on any atom is 0.239 e. The highest BCUT2D eigenvalue weighted by molar-refractivity contribution is 6.10. The van der Waals surface area contributed by atoms with Crippen molar-refractivity contribution in [2.45, 2.75) is 26.2 Å². The normalized spacial score (nSPS) is 16.4. The molecule has 0 unspecified atom stereocenters. The van der Waals surface area contributed by atoms with Crippen LogP contribution in [0.15, 0.2) is 12.1 Å². The Kier molecular flexibility index (Phi) is 3.29. The molecular formula is C16H19N3O3. The van der Waals surface area contributed by atoms with Crippen LogP contribution in [0.5, 0.6) is 5.88 Å². The molecule has 2 heterocycles. The van der Waals surface area contributed by atoms with Crippen molar-refractivity contribution in [3.8, 4) is 5.88 Å². The zero-order valence-electron chi connectivity index (χ0n) is 13.2. The number of rotatable bonds is 3. The Hall–Kier alpha value is -2.21. The Morgan fingerprint density at radius 3 is 2.68 bits per heavy atom. The van der Waals surface area contributed by atoms with Crippen LogP contribution in [-0.4, -0.2) is 41.5 Å². The molecule has 22 heavy (non-hydrogen) atoms. The maximum absolute atomic E-state index is 12.7. The quantitative estimate of drug-likeness (QED) is 0.937. The summed E-state index contributed by atoms with van der Waals surface area (Å²) >= 11 is 0. The fourth-order valence-corrected chi connectivity index (χ4v) is 2.99. The third kappa shape index (κ3) is 1.94. The second kappa shape index (κ2) is 4.91. The molecule has 116 valence electrons. The maximum atomic E-state index is 12.7. The fourth-order valence-electron chi connectivity index (χ4n) is 2.99. The van der Waals surface area contributed by atoms with Crippen LogP contribution in [0.25, 0.3) is 10.8 Å². The minimum absolute atomic E-state index is 0.0351. The van der Waals surface area contributed by atoms with Gasteiger partial charge in [-0.25, -0.2) is 0 Å². The number of aromatic nitrogens is 2. The van der Waals surface area contributed by atoms with Crippen LogP contribution in [0.1, 0.15) is 25.1 Å². The average Bonchev–Trinajstić information content (AvgIpc) is 2.68. The standard InChI is InChI=1S/C16H19N3O3/c1-9-10-7-12-13(8-11(10)14(20)18-17-9)19(5-6-22-4)15(21)16(12,2)3/h7-8H,5-6H2,1-4H3,(H,18,20). The number of methoxy groups -OCH3 is 1. The van der Waals surface area contributed by atoms with Crippen molar-refractivity contribution < 1.29 is 14.6 Å². The summed E-state index contributed by atoms with van der Waals surface area (Å²) in [5.41, 5.74) is 1.87. The number of anilines is 1. The highest BCUT2D eigenvalue weighted by atomic mass is 16.5. The summed E-state index contributed by atoms with van der Waals surface area (Å²) in [5.74, 6) is -0.0832. The summed E-state index contributed by atoms with van der Waals surface area (Å²) in [6, 6.07) is 3.77. The first-order valence-corrected chi connectivity index (χ1v) is 7.19. The summed E-state index contributed by atoms with van der Waals surface area (Å²) in [4.78, 5) is 14.4. The van der Waals surface area contributed by atoms with Gasteiger partial charge in [0.25, 0.3) is 0 Å². The minimum Gasteiger partial charge on any atom is -0.492 e. The zero-order valence-corrected chi connectivity index (χ0v) is 13.2. The molecule has 1 aromatic heterocycles. The molecule has 2 aromatic rings. The van der Waals surface area contributed by atoms with Gasteiger partial charge in [0.2, 0.25) is 11.8 Å². The third-order valence-electron chi connectivity index (χ3n) is 4.32. The van der Waals surface area contributed by atoms with Gasteiger partial charge in [0, 0.05) is 30.1 Å². The van der Waals surface area contributed by atoms with Crippen molar-refractivity contribution in [2.24, 2.45) is 0 Å². The molecule has 6 heteroatoms. The van der Waals surface area contributed by atoms with Crippen LogP contribution in [0, 0.1) is 6.92 Å². The summed E-state index contributed by atoms with van der Waals surface area (Å²) in [7, 11) is 1.61. The van der Waals surface area contributed by atoms with Crippen molar-refractivity contribution in [3.05, 3.63) is 23.4 Å². The second-order valence-corrected chi connectivity index (χ2v) is 6.10. The van der Waals surface area contributed by atoms with Crippen LogP contribution in [-0.2, 0) is 14.9 Å². The highest BCUT2D eigenvalue weighted by Crippen LogP contribution is 2.44. The lowest BCUT2D eigenvalue weighted by Crippen LogP contribution is -2.37. The summed E-state index contributed by atoms with van der Waals surface area (Å²) in [5, 5.41) is 19.1. The summed E-state index contributed by atoms with van der Waals surface area (Å²) in [6.07, 6.45) is 0. The number of amides is 1. The van der Waals surface area contributed by atoms with Crippen LogP contribution in [0.3, 0.4) is 0 Å². The van der Waals surface area contributed by atoms with Gasteiger partial charge in [0.15, 0.2) is 0 Å². The Morgan fingerprint density at radius 1 is 1.27 bits per heavy atom. The van der Waals surface area contributed by atoms with E-state index in [0.717, 1.165) is 22.3 Å². The number of aryl methyl sites for hydroxylation is 1. The van der Waals surface area contributed by atoms with Gasteiger partial charge in [-0.05, 0) is 38.5 Å². The van der Waals surface area contributed by atoms with Crippen molar-refractivity contribution in [1.82, 2.24) is 10.2 Å². The minimum atomic E-state index is -0.609. The van der Waals surface area contributed by atoms with E-state index in [9.17, 15) is 9.90 Å². The Balaban J connectivity index is 2.26. The van der Waals surface area contributed by atoms with Gasteiger partial charge in [0.1, 0.15) is 0 Å². The topological polar surface area (TPSA) is 75.5 Å². The van der Waals surface area contributed by atoms with E-state index in [0.29, 0.717) is 18.5 Å². The molecule has 0 radical (unpaired) electrons. The molecule has 0 fully saturated rings. The average molecular weight is 301 g/mol. The van der Waals surface area contributed by atoms with Crippen molar-refractivity contribution in [3.63, 3.8) is 0 Å². The molecule has 1 aliphatic rings. The molecule has 0 spiro atoms.